The first-order valence-electron chi connectivity index (χ1n) is 8.45. The Hall–Kier alpha value is -2.99. The van der Waals surface area contributed by atoms with Crippen LogP contribution in [0, 0.1) is 5.82 Å². The van der Waals surface area contributed by atoms with Gasteiger partial charge in [-0.05, 0) is 18.6 Å². The second kappa shape index (κ2) is 8.92. The number of halogens is 1. The molecule has 1 aromatic heterocycles. The van der Waals surface area contributed by atoms with Gasteiger partial charge >= 0.3 is 0 Å². The van der Waals surface area contributed by atoms with Crippen LogP contribution in [-0.2, 0) is 4.74 Å². The van der Waals surface area contributed by atoms with Crippen molar-refractivity contribution in [3.63, 3.8) is 0 Å². The maximum atomic E-state index is 13.9. The van der Waals surface area contributed by atoms with Gasteiger partial charge in [-0.15, -0.1) is 0 Å². The molecule has 2 aromatic carbocycles. The first-order valence-corrected chi connectivity index (χ1v) is 8.45. The molecule has 0 saturated carbocycles. The molecule has 0 saturated heterocycles. The van der Waals surface area contributed by atoms with E-state index in [1.54, 1.807) is 25.3 Å². The normalized spacial score (nSPS) is 10.5. The van der Waals surface area contributed by atoms with Crippen LogP contribution in [0.15, 0.2) is 60.7 Å². The topological polar surface area (TPSA) is 59.1 Å². The molecular formula is C20H21FN4O. The van der Waals surface area contributed by atoms with Crippen molar-refractivity contribution in [2.45, 2.75) is 6.42 Å². The highest BCUT2D eigenvalue weighted by molar-refractivity contribution is 5.66. The van der Waals surface area contributed by atoms with Crippen molar-refractivity contribution in [1.82, 2.24) is 9.97 Å². The van der Waals surface area contributed by atoms with Crippen LogP contribution in [-0.4, -0.2) is 30.2 Å². The number of nitrogens with zero attached hydrogens (tertiary/aromatic N) is 2. The van der Waals surface area contributed by atoms with Crippen molar-refractivity contribution in [3.05, 3.63) is 66.5 Å². The molecule has 0 aliphatic rings. The highest BCUT2D eigenvalue weighted by Gasteiger charge is 2.09. The number of ether oxygens (including phenoxy) is 1. The largest absolute Gasteiger partial charge is 0.385 e. The lowest BCUT2D eigenvalue weighted by Gasteiger charge is -2.12. The average molecular weight is 352 g/mol. The molecule has 0 amide bonds. The fourth-order valence-electron chi connectivity index (χ4n) is 2.47. The number of methoxy groups -OCH3 is 1. The van der Waals surface area contributed by atoms with Gasteiger partial charge in [0.05, 0.1) is 11.4 Å². The van der Waals surface area contributed by atoms with Crippen LogP contribution >= 0.6 is 0 Å². The van der Waals surface area contributed by atoms with Crippen molar-refractivity contribution >= 4 is 17.5 Å². The van der Waals surface area contributed by atoms with Crippen LogP contribution in [0.5, 0.6) is 0 Å². The zero-order valence-electron chi connectivity index (χ0n) is 14.6. The maximum Gasteiger partial charge on any atom is 0.229 e. The highest BCUT2D eigenvalue weighted by Crippen LogP contribution is 2.24. The van der Waals surface area contributed by atoms with Crippen molar-refractivity contribution in [2.24, 2.45) is 0 Å². The quantitative estimate of drug-likeness (QED) is 0.586. The van der Waals surface area contributed by atoms with Crippen molar-refractivity contribution < 1.29 is 9.13 Å². The first-order chi connectivity index (χ1) is 12.8. The number of hydrogen-bond acceptors (Lipinski definition) is 5. The second-order valence-corrected chi connectivity index (χ2v) is 5.71. The van der Waals surface area contributed by atoms with Gasteiger partial charge in [-0.1, -0.05) is 42.5 Å². The minimum Gasteiger partial charge on any atom is -0.385 e. The van der Waals surface area contributed by atoms with E-state index in [-0.39, 0.29) is 5.82 Å². The fourth-order valence-corrected chi connectivity index (χ4v) is 2.47. The Morgan fingerprint density at radius 1 is 1.00 bits per heavy atom. The van der Waals surface area contributed by atoms with Gasteiger partial charge in [0.1, 0.15) is 11.6 Å². The minimum atomic E-state index is -0.351. The number of aromatic nitrogens is 2. The van der Waals surface area contributed by atoms with Crippen LogP contribution in [0.1, 0.15) is 6.42 Å². The van der Waals surface area contributed by atoms with Gasteiger partial charge in [0, 0.05) is 31.9 Å². The van der Waals surface area contributed by atoms with Crippen molar-refractivity contribution in [3.8, 4) is 11.3 Å². The van der Waals surface area contributed by atoms with E-state index in [9.17, 15) is 4.39 Å². The summed E-state index contributed by atoms with van der Waals surface area (Å²) in [6.07, 6.45) is 0.858. The van der Waals surface area contributed by atoms with Crippen LogP contribution in [0.3, 0.4) is 0 Å². The smallest absolute Gasteiger partial charge is 0.229 e. The summed E-state index contributed by atoms with van der Waals surface area (Å²) in [6.45, 7) is 1.39. The summed E-state index contributed by atoms with van der Waals surface area (Å²) in [5.41, 5.74) is 2.06. The standard InChI is InChI=1S/C20H21FN4O/c1-26-13-7-12-22-19-14-18(15-8-3-2-4-9-15)24-20(25-19)23-17-11-6-5-10-16(17)21/h2-6,8-11,14H,7,12-13H2,1H3,(H2,22,23,24,25). The summed E-state index contributed by atoms with van der Waals surface area (Å²) >= 11 is 0. The Morgan fingerprint density at radius 3 is 2.54 bits per heavy atom. The second-order valence-electron chi connectivity index (χ2n) is 5.71. The Morgan fingerprint density at radius 2 is 1.77 bits per heavy atom. The number of para-hydroxylation sites is 1. The molecule has 0 bridgehead atoms. The summed E-state index contributed by atoms with van der Waals surface area (Å²) in [5, 5.41) is 6.23. The molecule has 0 fully saturated rings. The molecule has 134 valence electrons. The van der Waals surface area contributed by atoms with E-state index in [1.807, 2.05) is 36.4 Å². The van der Waals surface area contributed by atoms with Crippen LogP contribution < -0.4 is 10.6 Å². The number of hydrogen-bond donors (Lipinski definition) is 2. The van der Waals surface area contributed by atoms with Gasteiger partial charge in [0.2, 0.25) is 5.95 Å². The third-order valence-corrected chi connectivity index (χ3v) is 3.75. The maximum absolute atomic E-state index is 13.9. The highest BCUT2D eigenvalue weighted by atomic mass is 19.1. The summed E-state index contributed by atoms with van der Waals surface area (Å²) in [7, 11) is 1.68. The van der Waals surface area contributed by atoms with Crippen LogP contribution in [0.4, 0.5) is 21.8 Å². The molecule has 6 heteroatoms. The summed E-state index contributed by atoms with van der Waals surface area (Å²) in [6, 6.07) is 18.1. The lowest BCUT2D eigenvalue weighted by Crippen LogP contribution is -2.08. The molecule has 0 unspecified atom stereocenters. The van der Waals surface area contributed by atoms with Gasteiger partial charge in [-0.3, -0.25) is 0 Å². The molecule has 0 aliphatic heterocycles. The Balaban J connectivity index is 1.88. The third kappa shape index (κ3) is 4.77. The van der Waals surface area contributed by atoms with Gasteiger partial charge < -0.3 is 15.4 Å². The fraction of sp³-hybridized carbons (Fsp3) is 0.200. The molecule has 0 atom stereocenters. The number of nitrogens with one attached hydrogen (secondary N) is 2. The first kappa shape index (κ1) is 17.8. The van der Waals surface area contributed by atoms with E-state index in [2.05, 4.69) is 20.6 Å². The van der Waals surface area contributed by atoms with E-state index < -0.39 is 0 Å². The van der Waals surface area contributed by atoms with E-state index in [4.69, 9.17) is 4.74 Å². The summed E-state index contributed by atoms with van der Waals surface area (Å²) in [5.74, 6) is 0.662. The van der Waals surface area contributed by atoms with E-state index in [1.165, 1.54) is 6.07 Å². The monoisotopic (exact) mass is 352 g/mol. The van der Waals surface area contributed by atoms with Crippen molar-refractivity contribution in [2.75, 3.05) is 30.9 Å². The zero-order valence-corrected chi connectivity index (χ0v) is 14.6. The van der Waals surface area contributed by atoms with Gasteiger partial charge in [-0.2, -0.15) is 4.98 Å². The van der Waals surface area contributed by atoms with Crippen LogP contribution in [0.2, 0.25) is 0 Å². The van der Waals surface area contributed by atoms with E-state index in [0.29, 0.717) is 24.1 Å². The van der Waals surface area contributed by atoms with Crippen LogP contribution in [0.25, 0.3) is 11.3 Å². The molecule has 5 nitrogen and oxygen atoms in total. The lowest BCUT2D eigenvalue weighted by atomic mass is 10.1. The predicted octanol–water partition coefficient (Wildman–Crippen LogP) is 4.47. The molecule has 3 rings (SSSR count). The zero-order chi connectivity index (χ0) is 18.2. The molecular weight excluding hydrogens is 331 g/mol. The number of rotatable bonds is 8. The molecule has 0 aliphatic carbocycles. The SMILES string of the molecule is COCCCNc1cc(-c2ccccc2)nc(Nc2ccccc2F)n1. The molecule has 2 N–H and O–H groups in total. The predicted molar refractivity (Wildman–Crippen MR) is 102 cm³/mol. The Bertz CT molecular complexity index is 842. The lowest BCUT2D eigenvalue weighted by molar-refractivity contribution is 0.198. The molecule has 0 radical (unpaired) electrons. The van der Waals surface area contributed by atoms with E-state index >= 15 is 0 Å². The molecule has 1 heterocycles. The molecule has 3 aromatic rings. The summed E-state index contributed by atoms with van der Waals surface area (Å²) < 4.78 is 19.0. The van der Waals surface area contributed by atoms with Gasteiger partial charge in [0.15, 0.2) is 0 Å². The molecule has 26 heavy (non-hydrogen) atoms. The third-order valence-electron chi connectivity index (χ3n) is 3.75. The summed E-state index contributed by atoms with van der Waals surface area (Å²) in [4.78, 5) is 8.98. The van der Waals surface area contributed by atoms with Crippen molar-refractivity contribution in [1.29, 1.82) is 0 Å². The number of benzene rings is 2. The molecule has 0 spiro atoms. The Labute approximate surface area is 152 Å². The minimum absolute atomic E-state index is 0.336. The van der Waals surface area contributed by atoms with Gasteiger partial charge in [-0.25, -0.2) is 9.37 Å². The van der Waals surface area contributed by atoms with Gasteiger partial charge in [0.25, 0.3) is 0 Å². The van der Waals surface area contributed by atoms with E-state index in [0.717, 1.165) is 24.2 Å². The number of anilines is 3. The Kier molecular flexibility index (Phi) is 6.11. The average Bonchev–Trinajstić information content (AvgIpc) is 2.68.